The molecule has 1 unspecified atom stereocenters. The van der Waals surface area contributed by atoms with E-state index in [9.17, 15) is 9.59 Å². The second-order valence-electron chi connectivity index (χ2n) is 7.51. The molecule has 2 fully saturated rings. The number of ketones is 1. The SMILES string of the molecule is C.CC.CC(=O)CN1CCN(CC(=O)N2CC(C(C)c3ccccc3)C2)CC1. The van der Waals surface area contributed by atoms with Crippen LogP contribution in [0.2, 0.25) is 0 Å². The third-order valence-corrected chi connectivity index (χ3v) is 5.57. The van der Waals surface area contributed by atoms with Gasteiger partial charge >= 0.3 is 0 Å². The summed E-state index contributed by atoms with van der Waals surface area (Å²) in [6.45, 7) is 14.2. The first-order valence-corrected chi connectivity index (χ1v) is 10.3. The van der Waals surface area contributed by atoms with E-state index >= 15 is 0 Å². The van der Waals surface area contributed by atoms with E-state index in [0.717, 1.165) is 39.3 Å². The molecule has 0 saturated carbocycles. The monoisotopic (exact) mass is 389 g/mol. The topological polar surface area (TPSA) is 43.9 Å². The zero-order valence-corrected chi connectivity index (χ0v) is 17.4. The normalized spacial score (nSPS) is 18.9. The van der Waals surface area contributed by atoms with Crippen molar-refractivity contribution in [2.24, 2.45) is 5.92 Å². The van der Waals surface area contributed by atoms with Gasteiger partial charge < -0.3 is 4.90 Å². The molecule has 0 radical (unpaired) electrons. The van der Waals surface area contributed by atoms with Crippen LogP contribution in [0.4, 0.5) is 0 Å². The van der Waals surface area contributed by atoms with Gasteiger partial charge in [-0.25, -0.2) is 0 Å². The van der Waals surface area contributed by atoms with Crippen molar-refractivity contribution < 1.29 is 9.59 Å². The first-order chi connectivity index (χ1) is 13.0. The fourth-order valence-electron chi connectivity index (χ4n) is 3.77. The standard InChI is InChI=1S/C20H29N3O2.C2H6.CH4/c1-16(24)12-21-8-10-22(11-9-21)15-20(25)23-13-19(14-23)17(2)18-6-4-3-5-7-18;1-2;/h3-7,17,19H,8-15H2,1-2H3;1-2H3;1H4. The van der Waals surface area contributed by atoms with Gasteiger partial charge in [-0.3, -0.25) is 19.4 Å². The summed E-state index contributed by atoms with van der Waals surface area (Å²) in [7, 11) is 0. The maximum Gasteiger partial charge on any atom is 0.236 e. The number of rotatable bonds is 6. The van der Waals surface area contributed by atoms with E-state index in [1.165, 1.54) is 5.56 Å². The summed E-state index contributed by atoms with van der Waals surface area (Å²) in [5, 5.41) is 0. The van der Waals surface area contributed by atoms with Crippen LogP contribution >= 0.6 is 0 Å². The van der Waals surface area contributed by atoms with Crippen molar-refractivity contribution in [1.29, 1.82) is 0 Å². The number of carbonyl (C=O) groups excluding carboxylic acids is 2. The molecule has 5 nitrogen and oxygen atoms in total. The van der Waals surface area contributed by atoms with Gasteiger partial charge in [0.05, 0.1) is 13.1 Å². The van der Waals surface area contributed by atoms with Crippen molar-refractivity contribution in [3.05, 3.63) is 35.9 Å². The first-order valence-electron chi connectivity index (χ1n) is 10.3. The molecule has 1 amide bonds. The third-order valence-electron chi connectivity index (χ3n) is 5.57. The second kappa shape index (κ2) is 12.0. The zero-order chi connectivity index (χ0) is 19.8. The highest BCUT2D eigenvalue weighted by atomic mass is 16.2. The number of nitrogens with zero attached hydrogens (tertiary/aromatic N) is 3. The van der Waals surface area contributed by atoms with Gasteiger partial charge in [-0.2, -0.15) is 0 Å². The molecule has 0 aromatic heterocycles. The number of carbonyl (C=O) groups is 2. The molecule has 0 aliphatic carbocycles. The molecule has 1 aromatic rings. The Balaban J connectivity index is 0.00000127. The number of benzene rings is 1. The number of hydrogen-bond acceptors (Lipinski definition) is 4. The minimum absolute atomic E-state index is 0. The van der Waals surface area contributed by atoms with Crippen molar-refractivity contribution >= 4 is 11.7 Å². The Morgan fingerprint density at radius 3 is 1.96 bits per heavy atom. The Labute approximate surface area is 171 Å². The quantitative estimate of drug-likeness (QED) is 0.750. The van der Waals surface area contributed by atoms with Crippen LogP contribution in [0, 0.1) is 5.92 Å². The zero-order valence-electron chi connectivity index (χ0n) is 17.4. The first kappa shape index (κ1) is 24.3. The van der Waals surface area contributed by atoms with Gasteiger partial charge in [0.15, 0.2) is 0 Å². The van der Waals surface area contributed by atoms with Crippen molar-refractivity contribution in [3.63, 3.8) is 0 Å². The van der Waals surface area contributed by atoms with E-state index in [4.69, 9.17) is 0 Å². The van der Waals surface area contributed by atoms with Gasteiger partial charge in [-0.15, -0.1) is 0 Å². The summed E-state index contributed by atoms with van der Waals surface area (Å²) in [6.07, 6.45) is 0. The molecule has 158 valence electrons. The summed E-state index contributed by atoms with van der Waals surface area (Å²) in [6, 6.07) is 10.6. The molecule has 1 atom stereocenters. The fraction of sp³-hybridized carbons (Fsp3) is 0.652. The Morgan fingerprint density at radius 2 is 1.46 bits per heavy atom. The summed E-state index contributed by atoms with van der Waals surface area (Å²) < 4.78 is 0. The Kier molecular flexibility index (Phi) is 10.4. The lowest BCUT2D eigenvalue weighted by Gasteiger charge is -2.44. The van der Waals surface area contributed by atoms with E-state index in [2.05, 4.69) is 41.0 Å². The number of amides is 1. The minimum atomic E-state index is 0. The van der Waals surface area contributed by atoms with Gasteiger partial charge in [0.25, 0.3) is 0 Å². The molecular formula is C23H39N3O2. The largest absolute Gasteiger partial charge is 0.341 e. The molecule has 2 aliphatic heterocycles. The van der Waals surface area contributed by atoms with Crippen LogP contribution in [0.1, 0.15) is 46.6 Å². The molecule has 2 heterocycles. The molecular weight excluding hydrogens is 350 g/mol. The van der Waals surface area contributed by atoms with Crippen LogP contribution < -0.4 is 0 Å². The van der Waals surface area contributed by atoms with Crippen molar-refractivity contribution in [2.75, 3.05) is 52.4 Å². The van der Waals surface area contributed by atoms with E-state index < -0.39 is 0 Å². The number of hydrogen-bond donors (Lipinski definition) is 0. The van der Waals surface area contributed by atoms with Crippen molar-refractivity contribution in [3.8, 4) is 0 Å². The summed E-state index contributed by atoms with van der Waals surface area (Å²) in [5.74, 6) is 1.53. The average Bonchev–Trinajstić information content (AvgIpc) is 2.64. The number of likely N-dealkylation sites (tertiary alicyclic amines) is 1. The van der Waals surface area contributed by atoms with E-state index in [1.54, 1.807) is 6.92 Å². The van der Waals surface area contributed by atoms with Gasteiger partial charge in [0.1, 0.15) is 5.78 Å². The Hall–Kier alpha value is -1.72. The smallest absolute Gasteiger partial charge is 0.236 e. The summed E-state index contributed by atoms with van der Waals surface area (Å²) >= 11 is 0. The van der Waals surface area contributed by atoms with E-state index in [1.807, 2.05) is 24.8 Å². The van der Waals surface area contributed by atoms with Gasteiger partial charge in [-0.1, -0.05) is 58.5 Å². The van der Waals surface area contributed by atoms with Gasteiger partial charge in [0, 0.05) is 45.2 Å². The lowest BCUT2D eigenvalue weighted by molar-refractivity contribution is -0.139. The van der Waals surface area contributed by atoms with E-state index in [0.29, 0.717) is 24.9 Å². The average molecular weight is 390 g/mol. The maximum atomic E-state index is 12.5. The molecule has 5 heteroatoms. The Morgan fingerprint density at radius 1 is 0.964 bits per heavy atom. The van der Waals surface area contributed by atoms with Crippen LogP contribution in [-0.2, 0) is 9.59 Å². The van der Waals surface area contributed by atoms with Gasteiger partial charge in [0.2, 0.25) is 5.91 Å². The molecule has 2 saturated heterocycles. The molecule has 1 aromatic carbocycles. The number of Topliss-reactive ketones (excluding diaryl/α,β-unsaturated/α-hetero) is 1. The molecule has 28 heavy (non-hydrogen) atoms. The molecule has 0 N–H and O–H groups in total. The van der Waals surface area contributed by atoms with Crippen LogP contribution in [-0.4, -0.2) is 78.7 Å². The summed E-state index contributed by atoms with van der Waals surface area (Å²) in [5.41, 5.74) is 1.36. The van der Waals surface area contributed by atoms with Crippen LogP contribution in [0.3, 0.4) is 0 Å². The third kappa shape index (κ3) is 6.71. The van der Waals surface area contributed by atoms with Crippen LogP contribution in [0.15, 0.2) is 30.3 Å². The van der Waals surface area contributed by atoms with Crippen molar-refractivity contribution in [2.45, 2.75) is 41.0 Å². The molecule has 3 rings (SSSR count). The maximum absolute atomic E-state index is 12.5. The lowest BCUT2D eigenvalue weighted by atomic mass is 9.82. The summed E-state index contributed by atoms with van der Waals surface area (Å²) in [4.78, 5) is 30.0. The second-order valence-corrected chi connectivity index (χ2v) is 7.51. The van der Waals surface area contributed by atoms with Crippen LogP contribution in [0.25, 0.3) is 0 Å². The fourth-order valence-corrected chi connectivity index (χ4v) is 3.77. The molecule has 2 aliphatic rings. The molecule has 0 spiro atoms. The highest BCUT2D eigenvalue weighted by Gasteiger charge is 2.35. The Bertz CT molecular complexity index is 591. The highest BCUT2D eigenvalue weighted by Crippen LogP contribution is 2.31. The van der Waals surface area contributed by atoms with E-state index in [-0.39, 0.29) is 19.1 Å². The minimum Gasteiger partial charge on any atom is -0.341 e. The lowest BCUT2D eigenvalue weighted by Crippen LogP contribution is -2.56. The predicted molar refractivity (Wildman–Crippen MR) is 117 cm³/mol. The predicted octanol–water partition coefficient (Wildman–Crippen LogP) is 3.12. The van der Waals surface area contributed by atoms with Crippen molar-refractivity contribution in [1.82, 2.24) is 14.7 Å². The molecule has 0 bridgehead atoms. The number of piperazine rings is 1. The van der Waals surface area contributed by atoms with Crippen LogP contribution in [0.5, 0.6) is 0 Å². The van der Waals surface area contributed by atoms with Gasteiger partial charge in [-0.05, 0) is 18.4 Å². The highest BCUT2D eigenvalue weighted by molar-refractivity contribution is 5.79.